The fourth-order valence-electron chi connectivity index (χ4n) is 1.56. The van der Waals surface area contributed by atoms with Crippen molar-refractivity contribution in [1.29, 1.82) is 0 Å². The molecule has 0 aliphatic rings. The van der Waals surface area contributed by atoms with E-state index in [1.165, 1.54) is 0 Å². The highest BCUT2D eigenvalue weighted by Crippen LogP contribution is 2.22. The molecule has 0 saturated heterocycles. The summed E-state index contributed by atoms with van der Waals surface area (Å²) in [7, 11) is 0. The predicted molar refractivity (Wildman–Crippen MR) is 74.4 cm³/mol. The summed E-state index contributed by atoms with van der Waals surface area (Å²) < 4.78 is 0. The summed E-state index contributed by atoms with van der Waals surface area (Å²) in [6.45, 7) is 4.16. The van der Waals surface area contributed by atoms with E-state index in [1.807, 2.05) is 30.3 Å². The molecule has 0 radical (unpaired) electrons. The number of hydrazine groups is 1. The van der Waals surface area contributed by atoms with E-state index >= 15 is 0 Å². The van der Waals surface area contributed by atoms with Crippen molar-refractivity contribution >= 4 is 17.4 Å². The zero-order valence-electron chi connectivity index (χ0n) is 10.3. The molecule has 0 spiro atoms. The van der Waals surface area contributed by atoms with Crippen LogP contribution in [-0.4, -0.2) is 9.97 Å². The number of nitrogen functional groups attached to an aromatic ring is 1. The zero-order chi connectivity index (χ0) is 13.1. The van der Waals surface area contributed by atoms with E-state index in [2.05, 4.69) is 29.2 Å². The van der Waals surface area contributed by atoms with Crippen molar-refractivity contribution in [3.8, 4) is 11.4 Å². The van der Waals surface area contributed by atoms with Gasteiger partial charge in [-0.2, -0.15) is 0 Å². The lowest BCUT2D eigenvalue weighted by Crippen LogP contribution is -2.11. The molecule has 0 fully saturated rings. The van der Waals surface area contributed by atoms with Crippen LogP contribution in [0.3, 0.4) is 0 Å². The van der Waals surface area contributed by atoms with E-state index in [9.17, 15) is 0 Å². The molecule has 1 aromatic heterocycles. The van der Waals surface area contributed by atoms with Crippen molar-refractivity contribution < 1.29 is 0 Å². The van der Waals surface area contributed by atoms with Gasteiger partial charge in [-0.15, -0.1) is 0 Å². The number of hydrogen-bond acceptors (Lipinski definition) is 4. The highest BCUT2D eigenvalue weighted by Gasteiger charge is 2.08. The Hall–Kier alpha value is -1.65. The van der Waals surface area contributed by atoms with Gasteiger partial charge in [0.05, 0.1) is 0 Å². The maximum absolute atomic E-state index is 5.87. The van der Waals surface area contributed by atoms with E-state index < -0.39 is 0 Å². The van der Waals surface area contributed by atoms with Crippen LogP contribution in [-0.2, 0) is 0 Å². The van der Waals surface area contributed by atoms with Crippen LogP contribution in [0.5, 0.6) is 0 Å². The van der Waals surface area contributed by atoms with Crippen molar-refractivity contribution in [3.05, 3.63) is 41.0 Å². The molecule has 2 aromatic rings. The summed E-state index contributed by atoms with van der Waals surface area (Å²) in [5, 5.41) is 0.691. The summed E-state index contributed by atoms with van der Waals surface area (Å²) >= 11 is 5.87. The second-order valence-electron chi connectivity index (χ2n) is 4.31. The minimum atomic E-state index is 0.311. The molecule has 2 rings (SSSR count). The molecule has 4 nitrogen and oxygen atoms in total. The Morgan fingerprint density at radius 3 is 2.39 bits per heavy atom. The lowest BCUT2D eigenvalue weighted by atomic mass is 10.1. The Morgan fingerprint density at radius 1 is 1.17 bits per heavy atom. The van der Waals surface area contributed by atoms with Crippen LogP contribution >= 0.6 is 11.6 Å². The third kappa shape index (κ3) is 2.78. The molecule has 0 atom stereocenters. The first-order valence-corrected chi connectivity index (χ1v) is 6.09. The van der Waals surface area contributed by atoms with E-state index in [1.54, 1.807) is 0 Å². The Labute approximate surface area is 111 Å². The van der Waals surface area contributed by atoms with Gasteiger partial charge in [0.1, 0.15) is 5.82 Å². The van der Waals surface area contributed by atoms with Crippen LogP contribution in [0.25, 0.3) is 11.4 Å². The molecular weight excluding hydrogens is 248 g/mol. The number of benzene rings is 1. The van der Waals surface area contributed by atoms with Crippen LogP contribution in [0.4, 0.5) is 5.82 Å². The topological polar surface area (TPSA) is 63.8 Å². The molecule has 0 bridgehead atoms. The molecule has 0 amide bonds. The molecule has 1 heterocycles. The third-order valence-electron chi connectivity index (χ3n) is 2.59. The molecular formula is C13H15ClN4. The quantitative estimate of drug-likeness (QED) is 0.659. The number of rotatable bonds is 3. The standard InChI is InChI=1S/C13H15ClN4/c1-8(2)11-7-12(18-15)17-13(16-11)9-3-5-10(14)6-4-9/h3-8H,15H2,1-2H3,(H,16,17,18). The molecule has 94 valence electrons. The van der Waals surface area contributed by atoms with Crippen LogP contribution in [0.2, 0.25) is 5.02 Å². The number of halogens is 1. The Balaban J connectivity index is 2.49. The van der Waals surface area contributed by atoms with Gasteiger partial charge in [0.25, 0.3) is 0 Å². The maximum Gasteiger partial charge on any atom is 0.161 e. The van der Waals surface area contributed by atoms with Crippen LogP contribution < -0.4 is 11.3 Å². The Bertz CT molecular complexity index is 537. The molecule has 18 heavy (non-hydrogen) atoms. The molecule has 0 aliphatic carbocycles. The molecule has 0 unspecified atom stereocenters. The number of nitrogens with two attached hydrogens (primary N) is 1. The van der Waals surface area contributed by atoms with E-state index in [0.717, 1.165) is 11.3 Å². The number of nitrogens with zero attached hydrogens (tertiary/aromatic N) is 2. The second kappa shape index (κ2) is 5.33. The minimum absolute atomic E-state index is 0.311. The van der Waals surface area contributed by atoms with Gasteiger partial charge in [0.15, 0.2) is 5.82 Å². The summed E-state index contributed by atoms with van der Waals surface area (Å²) in [6.07, 6.45) is 0. The summed E-state index contributed by atoms with van der Waals surface area (Å²) in [5.74, 6) is 6.99. The highest BCUT2D eigenvalue weighted by molar-refractivity contribution is 6.30. The van der Waals surface area contributed by atoms with Crippen molar-refractivity contribution in [2.75, 3.05) is 5.43 Å². The maximum atomic E-state index is 5.87. The summed E-state index contributed by atoms with van der Waals surface area (Å²) in [6, 6.07) is 9.27. The third-order valence-corrected chi connectivity index (χ3v) is 2.84. The predicted octanol–water partition coefficient (Wildman–Crippen LogP) is 3.21. The summed E-state index contributed by atoms with van der Waals surface area (Å²) in [5.41, 5.74) is 4.43. The average Bonchev–Trinajstić information content (AvgIpc) is 2.39. The largest absolute Gasteiger partial charge is 0.308 e. The van der Waals surface area contributed by atoms with Gasteiger partial charge in [-0.1, -0.05) is 25.4 Å². The van der Waals surface area contributed by atoms with E-state index in [0.29, 0.717) is 22.6 Å². The normalized spacial score (nSPS) is 10.7. The van der Waals surface area contributed by atoms with Gasteiger partial charge >= 0.3 is 0 Å². The van der Waals surface area contributed by atoms with E-state index in [-0.39, 0.29) is 0 Å². The molecule has 5 heteroatoms. The average molecular weight is 263 g/mol. The SMILES string of the molecule is CC(C)c1cc(NN)nc(-c2ccc(Cl)cc2)n1. The fraction of sp³-hybridized carbons (Fsp3) is 0.231. The first-order valence-electron chi connectivity index (χ1n) is 5.71. The lowest BCUT2D eigenvalue weighted by Gasteiger charge is -2.10. The van der Waals surface area contributed by atoms with Crippen molar-refractivity contribution in [2.45, 2.75) is 19.8 Å². The second-order valence-corrected chi connectivity index (χ2v) is 4.74. The van der Waals surface area contributed by atoms with Crippen molar-refractivity contribution in [1.82, 2.24) is 9.97 Å². The van der Waals surface area contributed by atoms with Crippen LogP contribution in [0.15, 0.2) is 30.3 Å². The molecule has 1 aromatic carbocycles. The van der Waals surface area contributed by atoms with Crippen LogP contribution in [0.1, 0.15) is 25.5 Å². The molecule has 0 saturated carbocycles. The van der Waals surface area contributed by atoms with Crippen LogP contribution in [0, 0.1) is 0 Å². The van der Waals surface area contributed by atoms with Gasteiger partial charge in [-0.25, -0.2) is 15.8 Å². The number of hydrogen-bond donors (Lipinski definition) is 2. The fourth-order valence-corrected chi connectivity index (χ4v) is 1.69. The van der Waals surface area contributed by atoms with Crippen molar-refractivity contribution in [2.24, 2.45) is 5.84 Å². The monoisotopic (exact) mass is 262 g/mol. The van der Waals surface area contributed by atoms with Gasteiger partial charge < -0.3 is 5.43 Å². The first-order chi connectivity index (χ1) is 8.60. The first kappa shape index (κ1) is 12.8. The zero-order valence-corrected chi connectivity index (χ0v) is 11.1. The summed E-state index contributed by atoms with van der Waals surface area (Å²) in [4.78, 5) is 8.87. The Kier molecular flexibility index (Phi) is 3.79. The minimum Gasteiger partial charge on any atom is -0.308 e. The lowest BCUT2D eigenvalue weighted by molar-refractivity contribution is 0.817. The van der Waals surface area contributed by atoms with E-state index in [4.69, 9.17) is 17.4 Å². The number of aromatic nitrogens is 2. The number of nitrogens with one attached hydrogen (secondary N) is 1. The number of anilines is 1. The smallest absolute Gasteiger partial charge is 0.161 e. The van der Waals surface area contributed by atoms with Gasteiger partial charge in [0.2, 0.25) is 0 Å². The highest BCUT2D eigenvalue weighted by atomic mass is 35.5. The Morgan fingerprint density at radius 2 is 1.83 bits per heavy atom. The molecule has 3 N–H and O–H groups in total. The molecule has 0 aliphatic heterocycles. The van der Waals surface area contributed by atoms with Gasteiger partial charge in [0, 0.05) is 22.3 Å². The van der Waals surface area contributed by atoms with Gasteiger partial charge in [-0.05, 0) is 30.2 Å². The van der Waals surface area contributed by atoms with Gasteiger partial charge in [-0.3, -0.25) is 0 Å². The van der Waals surface area contributed by atoms with Crippen molar-refractivity contribution in [3.63, 3.8) is 0 Å².